The van der Waals surface area contributed by atoms with E-state index in [0.717, 1.165) is 24.8 Å². The molecule has 1 N–H and O–H groups in total. The third-order valence-electron chi connectivity index (χ3n) is 3.51. The summed E-state index contributed by atoms with van der Waals surface area (Å²) in [4.78, 5) is 24.9. The smallest absolute Gasteiger partial charge is 0.335 e. The Bertz CT molecular complexity index is 492. The molecule has 0 bridgehead atoms. The highest BCUT2D eigenvalue weighted by Gasteiger charge is 2.26. The summed E-state index contributed by atoms with van der Waals surface area (Å²) in [7, 11) is 1.79. The van der Waals surface area contributed by atoms with Crippen LogP contribution in [0.1, 0.15) is 45.5 Å². The number of hydrogen-bond acceptors (Lipinski definition) is 2. The molecule has 1 fully saturated rings. The molecule has 0 atom stereocenters. The van der Waals surface area contributed by atoms with Crippen LogP contribution in [0.15, 0.2) is 18.2 Å². The zero-order chi connectivity index (χ0) is 13.3. The lowest BCUT2D eigenvalue weighted by Gasteiger charge is -2.34. The third-order valence-corrected chi connectivity index (χ3v) is 3.51. The minimum Gasteiger partial charge on any atom is -0.478 e. The van der Waals surface area contributed by atoms with Crippen LogP contribution in [0, 0.1) is 6.92 Å². The summed E-state index contributed by atoms with van der Waals surface area (Å²) in [5, 5.41) is 9.00. The molecule has 1 amide bonds. The van der Waals surface area contributed by atoms with Crippen molar-refractivity contribution in [3.63, 3.8) is 0 Å². The van der Waals surface area contributed by atoms with Crippen molar-refractivity contribution in [1.82, 2.24) is 4.90 Å². The van der Waals surface area contributed by atoms with Crippen LogP contribution in [0.3, 0.4) is 0 Å². The number of benzene rings is 1. The number of carbonyl (C=O) groups is 2. The minimum absolute atomic E-state index is 0.0918. The molecule has 0 radical (unpaired) electrons. The Kier molecular flexibility index (Phi) is 3.36. The average Bonchev–Trinajstić information content (AvgIpc) is 2.24. The van der Waals surface area contributed by atoms with Crippen LogP contribution >= 0.6 is 0 Å². The molecule has 1 saturated carbocycles. The fourth-order valence-corrected chi connectivity index (χ4v) is 2.17. The van der Waals surface area contributed by atoms with Crippen LogP contribution in [-0.4, -0.2) is 35.0 Å². The van der Waals surface area contributed by atoms with Gasteiger partial charge in [-0.25, -0.2) is 4.79 Å². The molecule has 1 aliphatic rings. The molecular weight excluding hydrogens is 230 g/mol. The Hall–Kier alpha value is -1.84. The molecule has 0 aromatic heterocycles. The van der Waals surface area contributed by atoms with Crippen molar-refractivity contribution in [3.05, 3.63) is 34.9 Å². The number of nitrogens with zero attached hydrogens (tertiary/aromatic N) is 1. The van der Waals surface area contributed by atoms with Crippen LogP contribution in [0.5, 0.6) is 0 Å². The first-order chi connectivity index (χ1) is 8.49. The monoisotopic (exact) mass is 247 g/mol. The van der Waals surface area contributed by atoms with Crippen molar-refractivity contribution in [2.24, 2.45) is 0 Å². The summed E-state index contributed by atoms with van der Waals surface area (Å²) in [5.74, 6) is -1.09. The van der Waals surface area contributed by atoms with Crippen molar-refractivity contribution in [1.29, 1.82) is 0 Å². The van der Waals surface area contributed by atoms with E-state index in [9.17, 15) is 9.59 Å². The summed E-state index contributed by atoms with van der Waals surface area (Å²) in [6.07, 6.45) is 3.25. The Balaban J connectivity index is 2.26. The van der Waals surface area contributed by atoms with Gasteiger partial charge in [0.05, 0.1) is 5.56 Å². The highest BCUT2D eigenvalue weighted by molar-refractivity contribution is 5.97. The number of carboxylic acids is 1. The standard InChI is InChI=1S/C14H17NO3/c1-9-6-10(8-11(7-9)14(17)18)13(16)15(2)12-4-3-5-12/h6-8,12H,3-5H2,1-2H3,(H,17,18). The lowest BCUT2D eigenvalue weighted by Crippen LogP contribution is -2.41. The lowest BCUT2D eigenvalue weighted by molar-refractivity contribution is 0.0652. The Morgan fingerprint density at radius 1 is 1.22 bits per heavy atom. The lowest BCUT2D eigenvalue weighted by atomic mass is 9.91. The van der Waals surface area contributed by atoms with Crippen LogP contribution in [-0.2, 0) is 0 Å². The second-order valence-electron chi connectivity index (χ2n) is 4.89. The molecule has 1 aliphatic carbocycles. The van der Waals surface area contributed by atoms with Gasteiger partial charge in [-0.3, -0.25) is 4.79 Å². The second-order valence-corrected chi connectivity index (χ2v) is 4.89. The zero-order valence-corrected chi connectivity index (χ0v) is 10.6. The summed E-state index contributed by atoms with van der Waals surface area (Å²) in [6.45, 7) is 1.80. The first-order valence-corrected chi connectivity index (χ1v) is 6.11. The summed E-state index contributed by atoms with van der Waals surface area (Å²) < 4.78 is 0. The van der Waals surface area contributed by atoms with E-state index >= 15 is 0 Å². The maximum atomic E-state index is 12.2. The summed E-state index contributed by atoms with van der Waals surface area (Å²) >= 11 is 0. The van der Waals surface area contributed by atoms with Gasteiger partial charge in [0, 0.05) is 18.7 Å². The maximum absolute atomic E-state index is 12.2. The van der Waals surface area contributed by atoms with E-state index in [1.165, 1.54) is 6.07 Å². The van der Waals surface area contributed by atoms with Gasteiger partial charge in [-0.1, -0.05) is 0 Å². The molecule has 0 spiro atoms. The number of rotatable bonds is 3. The van der Waals surface area contributed by atoms with Gasteiger partial charge in [0.25, 0.3) is 5.91 Å². The molecule has 0 unspecified atom stereocenters. The van der Waals surface area contributed by atoms with E-state index in [-0.39, 0.29) is 11.5 Å². The fourth-order valence-electron chi connectivity index (χ4n) is 2.17. The van der Waals surface area contributed by atoms with Gasteiger partial charge in [-0.2, -0.15) is 0 Å². The van der Waals surface area contributed by atoms with Gasteiger partial charge in [0.2, 0.25) is 0 Å². The van der Waals surface area contributed by atoms with Gasteiger partial charge < -0.3 is 10.0 Å². The SMILES string of the molecule is Cc1cc(C(=O)O)cc(C(=O)N(C)C2CCC2)c1. The van der Waals surface area contributed by atoms with Crippen LogP contribution in [0.2, 0.25) is 0 Å². The number of amides is 1. The minimum atomic E-state index is -1.00. The van der Waals surface area contributed by atoms with Crippen molar-refractivity contribution in [2.45, 2.75) is 32.2 Å². The van der Waals surface area contributed by atoms with Crippen LogP contribution in [0.25, 0.3) is 0 Å². The Labute approximate surface area is 106 Å². The van der Waals surface area contributed by atoms with Gasteiger partial charge in [-0.05, 0) is 49.9 Å². The van der Waals surface area contributed by atoms with Crippen molar-refractivity contribution in [2.75, 3.05) is 7.05 Å². The molecular formula is C14H17NO3. The normalized spacial score (nSPS) is 15.0. The van der Waals surface area contributed by atoms with E-state index in [4.69, 9.17) is 5.11 Å². The number of aromatic carboxylic acids is 1. The molecule has 0 saturated heterocycles. The number of hydrogen-bond donors (Lipinski definition) is 1. The first kappa shape index (κ1) is 12.6. The summed E-state index contributed by atoms with van der Waals surface area (Å²) in [5.41, 5.74) is 1.42. The third kappa shape index (κ3) is 2.37. The average molecular weight is 247 g/mol. The molecule has 0 aliphatic heterocycles. The van der Waals surface area contributed by atoms with Crippen LogP contribution < -0.4 is 0 Å². The van der Waals surface area contributed by atoms with Crippen molar-refractivity contribution >= 4 is 11.9 Å². The molecule has 1 aromatic rings. The number of carboxylic acid groups (broad SMARTS) is 1. The van der Waals surface area contributed by atoms with Crippen LogP contribution in [0.4, 0.5) is 0 Å². The van der Waals surface area contributed by atoms with E-state index in [1.807, 2.05) is 0 Å². The van der Waals surface area contributed by atoms with E-state index < -0.39 is 5.97 Å². The maximum Gasteiger partial charge on any atom is 0.335 e. The van der Waals surface area contributed by atoms with Gasteiger partial charge >= 0.3 is 5.97 Å². The fraction of sp³-hybridized carbons (Fsp3) is 0.429. The summed E-state index contributed by atoms with van der Waals surface area (Å²) in [6, 6.07) is 5.07. The van der Waals surface area contributed by atoms with Gasteiger partial charge in [-0.15, -0.1) is 0 Å². The van der Waals surface area contributed by atoms with E-state index in [0.29, 0.717) is 11.6 Å². The van der Waals surface area contributed by atoms with Crippen molar-refractivity contribution in [3.8, 4) is 0 Å². The Morgan fingerprint density at radius 2 is 1.83 bits per heavy atom. The molecule has 1 aromatic carbocycles. The largest absolute Gasteiger partial charge is 0.478 e. The first-order valence-electron chi connectivity index (χ1n) is 6.11. The second kappa shape index (κ2) is 4.80. The van der Waals surface area contributed by atoms with E-state index in [2.05, 4.69) is 0 Å². The van der Waals surface area contributed by atoms with Gasteiger partial charge in [0.1, 0.15) is 0 Å². The predicted molar refractivity (Wildman–Crippen MR) is 67.9 cm³/mol. The number of aryl methyl sites for hydroxylation is 1. The highest BCUT2D eigenvalue weighted by atomic mass is 16.4. The predicted octanol–water partition coefficient (Wildman–Crippen LogP) is 2.32. The van der Waals surface area contributed by atoms with Gasteiger partial charge in [0.15, 0.2) is 0 Å². The topological polar surface area (TPSA) is 57.6 Å². The quantitative estimate of drug-likeness (QED) is 0.891. The van der Waals surface area contributed by atoms with E-state index in [1.54, 1.807) is 31.0 Å². The number of carbonyl (C=O) groups excluding carboxylic acids is 1. The molecule has 4 nitrogen and oxygen atoms in total. The van der Waals surface area contributed by atoms with Crippen molar-refractivity contribution < 1.29 is 14.7 Å². The molecule has 2 rings (SSSR count). The Morgan fingerprint density at radius 3 is 2.33 bits per heavy atom. The zero-order valence-electron chi connectivity index (χ0n) is 10.6. The highest BCUT2D eigenvalue weighted by Crippen LogP contribution is 2.25. The molecule has 4 heteroatoms. The molecule has 96 valence electrons. The molecule has 0 heterocycles. The molecule has 18 heavy (non-hydrogen) atoms.